The van der Waals surface area contributed by atoms with E-state index in [1.807, 2.05) is 18.2 Å². The van der Waals surface area contributed by atoms with E-state index in [0.29, 0.717) is 21.8 Å². The van der Waals surface area contributed by atoms with Crippen molar-refractivity contribution in [1.82, 2.24) is 20.2 Å². The summed E-state index contributed by atoms with van der Waals surface area (Å²) < 4.78 is 0.852. The van der Waals surface area contributed by atoms with Crippen molar-refractivity contribution >= 4 is 51.0 Å². The first kappa shape index (κ1) is 16.9. The van der Waals surface area contributed by atoms with Gasteiger partial charge in [0.25, 0.3) is 0 Å². The molecule has 0 radical (unpaired) electrons. The van der Waals surface area contributed by atoms with Crippen LogP contribution in [0.2, 0.25) is 5.02 Å². The predicted molar refractivity (Wildman–Crippen MR) is 98.1 cm³/mol. The number of thioether (sulfide) groups is 1. The quantitative estimate of drug-likeness (QED) is 0.605. The second-order valence-electron chi connectivity index (χ2n) is 4.67. The molecule has 0 aliphatic rings. The minimum atomic E-state index is -0.173. The minimum absolute atomic E-state index is 0.173. The number of nitrogens with zero attached hydrogens (tertiary/aromatic N) is 3. The first-order valence-electron chi connectivity index (χ1n) is 6.83. The number of anilines is 1. The van der Waals surface area contributed by atoms with E-state index in [4.69, 9.17) is 11.6 Å². The highest BCUT2D eigenvalue weighted by Gasteiger charge is 2.09. The Hall–Kier alpha value is -1.90. The summed E-state index contributed by atoms with van der Waals surface area (Å²) in [6, 6.07) is 10.8. The van der Waals surface area contributed by atoms with Crippen LogP contribution in [0.15, 0.2) is 52.2 Å². The van der Waals surface area contributed by atoms with Gasteiger partial charge in [-0.25, -0.2) is 9.97 Å². The second kappa shape index (κ2) is 7.78. The van der Waals surface area contributed by atoms with Crippen molar-refractivity contribution in [2.75, 3.05) is 11.1 Å². The SMILES string of the molecule is O=C(CSc1n[nH]c(-c2ccc(Cl)cc2)n1)Nc1ccc(Br)cn1. The predicted octanol–water partition coefficient (Wildman–Crippen LogP) is 4.01. The number of aromatic amines is 1. The summed E-state index contributed by atoms with van der Waals surface area (Å²) in [5.74, 6) is 1.15. The Bertz CT molecular complexity index is 838. The van der Waals surface area contributed by atoms with Crippen molar-refractivity contribution in [1.29, 1.82) is 0 Å². The highest BCUT2D eigenvalue weighted by Crippen LogP contribution is 2.21. The monoisotopic (exact) mass is 423 g/mol. The highest BCUT2D eigenvalue weighted by molar-refractivity contribution is 9.10. The molecule has 0 saturated heterocycles. The smallest absolute Gasteiger partial charge is 0.236 e. The van der Waals surface area contributed by atoms with Crippen molar-refractivity contribution < 1.29 is 4.79 Å². The van der Waals surface area contributed by atoms with Crippen LogP contribution < -0.4 is 5.32 Å². The first-order chi connectivity index (χ1) is 11.6. The molecule has 1 aromatic carbocycles. The maximum Gasteiger partial charge on any atom is 0.236 e. The lowest BCUT2D eigenvalue weighted by molar-refractivity contribution is -0.113. The second-order valence-corrected chi connectivity index (χ2v) is 6.97. The number of aromatic nitrogens is 4. The number of halogens is 2. The molecule has 0 aliphatic heterocycles. The van der Waals surface area contributed by atoms with Gasteiger partial charge < -0.3 is 5.32 Å². The molecule has 2 heterocycles. The topological polar surface area (TPSA) is 83.6 Å². The van der Waals surface area contributed by atoms with Crippen molar-refractivity contribution in [3.05, 3.63) is 52.1 Å². The van der Waals surface area contributed by atoms with Gasteiger partial charge in [-0.2, -0.15) is 0 Å². The van der Waals surface area contributed by atoms with Gasteiger partial charge in [0.2, 0.25) is 11.1 Å². The molecule has 0 unspecified atom stereocenters. The van der Waals surface area contributed by atoms with Crippen LogP contribution in [0.5, 0.6) is 0 Å². The van der Waals surface area contributed by atoms with E-state index in [1.165, 1.54) is 11.8 Å². The zero-order valence-electron chi connectivity index (χ0n) is 12.2. The number of rotatable bonds is 5. The Morgan fingerprint density at radius 1 is 1.25 bits per heavy atom. The third kappa shape index (κ3) is 4.56. The zero-order valence-corrected chi connectivity index (χ0v) is 15.3. The summed E-state index contributed by atoms with van der Waals surface area (Å²) >= 11 is 10.4. The summed E-state index contributed by atoms with van der Waals surface area (Å²) in [6.45, 7) is 0. The van der Waals surface area contributed by atoms with Crippen LogP contribution in [0.25, 0.3) is 11.4 Å². The molecular formula is C15H11BrClN5OS. The maximum atomic E-state index is 11.9. The molecule has 9 heteroatoms. The van der Waals surface area contributed by atoms with Gasteiger partial charge in [-0.1, -0.05) is 23.4 Å². The fraction of sp³-hybridized carbons (Fsp3) is 0.0667. The number of hydrogen-bond acceptors (Lipinski definition) is 5. The van der Waals surface area contributed by atoms with Gasteiger partial charge in [0.15, 0.2) is 5.82 Å². The van der Waals surface area contributed by atoms with E-state index < -0.39 is 0 Å². The third-order valence-corrected chi connectivity index (χ3v) is 4.48. The number of benzene rings is 1. The molecule has 122 valence electrons. The summed E-state index contributed by atoms with van der Waals surface area (Å²) in [4.78, 5) is 20.4. The van der Waals surface area contributed by atoms with E-state index in [2.05, 4.69) is 41.4 Å². The lowest BCUT2D eigenvalue weighted by Crippen LogP contribution is -2.14. The lowest BCUT2D eigenvalue weighted by atomic mass is 10.2. The molecule has 0 atom stereocenters. The minimum Gasteiger partial charge on any atom is -0.310 e. The van der Waals surface area contributed by atoms with Crippen molar-refractivity contribution in [2.45, 2.75) is 5.16 Å². The van der Waals surface area contributed by atoms with Crippen molar-refractivity contribution in [3.63, 3.8) is 0 Å². The van der Waals surface area contributed by atoms with Gasteiger partial charge in [-0.05, 0) is 52.3 Å². The number of amides is 1. The van der Waals surface area contributed by atoms with Gasteiger partial charge >= 0.3 is 0 Å². The molecule has 0 saturated carbocycles. The highest BCUT2D eigenvalue weighted by atomic mass is 79.9. The van der Waals surface area contributed by atoms with Crippen molar-refractivity contribution in [2.24, 2.45) is 0 Å². The average Bonchev–Trinajstić information content (AvgIpc) is 3.05. The van der Waals surface area contributed by atoms with Crippen LogP contribution in [0, 0.1) is 0 Å². The molecule has 0 aliphatic carbocycles. The van der Waals surface area contributed by atoms with E-state index in [1.54, 1.807) is 24.4 Å². The Morgan fingerprint density at radius 3 is 2.75 bits per heavy atom. The summed E-state index contributed by atoms with van der Waals surface area (Å²) in [6.07, 6.45) is 1.62. The third-order valence-electron chi connectivity index (χ3n) is 2.91. The molecule has 0 fully saturated rings. The van der Waals surface area contributed by atoms with Crippen LogP contribution in [0.1, 0.15) is 0 Å². The standard InChI is InChI=1S/C15H11BrClN5OS/c16-10-3-6-12(18-7-10)19-13(23)8-24-15-20-14(21-22-15)9-1-4-11(17)5-2-9/h1-7H,8H2,(H,18,19,23)(H,20,21,22). The van der Waals surface area contributed by atoms with Gasteiger partial charge in [0.1, 0.15) is 5.82 Å². The fourth-order valence-corrected chi connectivity index (χ4v) is 2.77. The molecule has 3 rings (SSSR count). The largest absolute Gasteiger partial charge is 0.310 e. The van der Waals surface area contributed by atoms with E-state index in [0.717, 1.165) is 10.0 Å². The number of nitrogens with one attached hydrogen (secondary N) is 2. The number of hydrogen-bond donors (Lipinski definition) is 2. The normalized spacial score (nSPS) is 10.6. The van der Waals surface area contributed by atoms with Crippen LogP contribution in [0.3, 0.4) is 0 Å². The molecule has 3 aromatic rings. The summed E-state index contributed by atoms with van der Waals surface area (Å²) in [7, 11) is 0. The van der Waals surface area contributed by atoms with E-state index >= 15 is 0 Å². The molecule has 0 bridgehead atoms. The van der Waals surface area contributed by atoms with E-state index in [9.17, 15) is 4.79 Å². The van der Waals surface area contributed by atoms with Gasteiger partial charge in [-0.15, -0.1) is 5.10 Å². The van der Waals surface area contributed by atoms with Crippen LogP contribution in [0.4, 0.5) is 5.82 Å². The van der Waals surface area contributed by atoms with Gasteiger partial charge in [-0.3, -0.25) is 9.89 Å². The summed E-state index contributed by atoms with van der Waals surface area (Å²) in [5, 5.41) is 10.8. The van der Waals surface area contributed by atoms with Gasteiger partial charge in [0, 0.05) is 21.3 Å². The van der Waals surface area contributed by atoms with Crippen molar-refractivity contribution in [3.8, 4) is 11.4 Å². The Labute approximate surface area is 155 Å². The molecule has 2 aromatic heterocycles. The Balaban J connectivity index is 1.56. The van der Waals surface area contributed by atoms with Gasteiger partial charge in [0.05, 0.1) is 5.75 Å². The number of H-pyrrole nitrogens is 1. The van der Waals surface area contributed by atoms with Crippen LogP contribution >= 0.6 is 39.3 Å². The first-order valence-corrected chi connectivity index (χ1v) is 8.98. The lowest BCUT2D eigenvalue weighted by Gasteiger charge is -2.02. The molecule has 2 N–H and O–H groups in total. The summed E-state index contributed by atoms with van der Waals surface area (Å²) in [5.41, 5.74) is 0.877. The molecular weight excluding hydrogens is 414 g/mol. The Morgan fingerprint density at radius 2 is 2.04 bits per heavy atom. The van der Waals surface area contributed by atoms with E-state index in [-0.39, 0.29) is 11.7 Å². The molecule has 6 nitrogen and oxygen atoms in total. The molecule has 1 amide bonds. The average molecular weight is 425 g/mol. The number of pyridine rings is 1. The zero-order chi connectivity index (χ0) is 16.9. The molecule has 0 spiro atoms. The number of carbonyl (C=O) groups is 1. The van der Waals surface area contributed by atoms with Crippen LogP contribution in [-0.2, 0) is 4.79 Å². The van der Waals surface area contributed by atoms with Crippen LogP contribution in [-0.4, -0.2) is 31.8 Å². The maximum absolute atomic E-state index is 11.9. The number of carbonyl (C=O) groups excluding carboxylic acids is 1. The Kier molecular flexibility index (Phi) is 5.49. The fourth-order valence-electron chi connectivity index (χ4n) is 1.81. The molecule has 24 heavy (non-hydrogen) atoms.